The molecule has 4 heteroatoms. The smallest absolute Gasteiger partial charge is 0.242 e. The maximum Gasteiger partial charge on any atom is 0.242 e. The van der Waals surface area contributed by atoms with Crippen molar-refractivity contribution < 1.29 is 9.90 Å². The predicted octanol–water partition coefficient (Wildman–Crippen LogP) is 0.214. The molecule has 88 valence electrons. The van der Waals surface area contributed by atoms with Crippen LogP contribution in [-0.4, -0.2) is 47.2 Å². The van der Waals surface area contributed by atoms with Crippen LogP contribution < -0.4 is 5.32 Å². The van der Waals surface area contributed by atoms with Gasteiger partial charge in [0.25, 0.3) is 0 Å². The number of aliphatic hydroxyl groups is 1. The van der Waals surface area contributed by atoms with Gasteiger partial charge >= 0.3 is 0 Å². The lowest BCUT2D eigenvalue weighted by Gasteiger charge is -2.43. The molecule has 15 heavy (non-hydrogen) atoms. The fraction of sp³-hybridized carbons (Fsp3) is 0.909. The third-order valence-electron chi connectivity index (χ3n) is 2.53. The molecule has 0 aromatic carbocycles. The molecule has 0 spiro atoms. The van der Waals surface area contributed by atoms with Crippen molar-refractivity contribution >= 4 is 5.91 Å². The first-order chi connectivity index (χ1) is 6.85. The Hall–Kier alpha value is -0.610. The molecule has 1 saturated heterocycles. The summed E-state index contributed by atoms with van der Waals surface area (Å²) in [6.07, 6.45) is 0. The average Bonchev–Trinajstić information content (AvgIpc) is 2.09. The van der Waals surface area contributed by atoms with Crippen LogP contribution >= 0.6 is 0 Å². The van der Waals surface area contributed by atoms with E-state index >= 15 is 0 Å². The van der Waals surface area contributed by atoms with E-state index in [1.807, 2.05) is 4.90 Å². The highest BCUT2D eigenvalue weighted by Crippen LogP contribution is 2.16. The lowest BCUT2D eigenvalue weighted by molar-refractivity contribution is -0.140. The fourth-order valence-corrected chi connectivity index (χ4v) is 2.07. The standard InChI is InChI=1S/C11H22N2O2/c1-8(2)5-13-7-11(3,4)12-9(6-14)10(13)15/h8-9,12,14H,5-7H2,1-4H3. The van der Waals surface area contributed by atoms with Crippen LogP contribution in [0.3, 0.4) is 0 Å². The number of carbonyl (C=O) groups is 1. The number of amides is 1. The summed E-state index contributed by atoms with van der Waals surface area (Å²) < 4.78 is 0. The van der Waals surface area contributed by atoms with Crippen molar-refractivity contribution in [1.82, 2.24) is 10.2 Å². The summed E-state index contributed by atoms with van der Waals surface area (Å²) in [6.45, 7) is 9.63. The highest BCUT2D eigenvalue weighted by molar-refractivity contribution is 5.83. The summed E-state index contributed by atoms with van der Waals surface area (Å²) in [4.78, 5) is 13.7. The number of nitrogens with one attached hydrogen (secondary N) is 1. The first kappa shape index (κ1) is 12.5. The van der Waals surface area contributed by atoms with Gasteiger partial charge in [-0.25, -0.2) is 0 Å². The minimum absolute atomic E-state index is 0.0190. The molecule has 4 nitrogen and oxygen atoms in total. The van der Waals surface area contributed by atoms with Crippen molar-refractivity contribution in [3.63, 3.8) is 0 Å². The predicted molar refractivity (Wildman–Crippen MR) is 59.5 cm³/mol. The van der Waals surface area contributed by atoms with Gasteiger partial charge in [-0.15, -0.1) is 0 Å². The average molecular weight is 214 g/mol. The fourth-order valence-electron chi connectivity index (χ4n) is 2.07. The molecule has 0 aliphatic carbocycles. The second-order valence-corrected chi connectivity index (χ2v) is 5.38. The van der Waals surface area contributed by atoms with Gasteiger partial charge in [0.2, 0.25) is 5.91 Å². The van der Waals surface area contributed by atoms with Gasteiger partial charge in [-0.2, -0.15) is 0 Å². The maximum absolute atomic E-state index is 11.9. The molecular weight excluding hydrogens is 192 g/mol. The number of hydrogen-bond donors (Lipinski definition) is 2. The van der Waals surface area contributed by atoms with E-state index in [9.17, 15) is 4.79 Å². The van der Waals surface area contributed by atoms with Gasteiger partial charge in [-0.1, -0.05) is 13.8 Å². The van der Waals surface area contributed by atoms with E-state index in [4.69, 9.17) is 5.11 Å². The van der Waals surface area contributed by atoms with Gasteiger partial charge in [-0.3, -0.25) is 10.1 Å². The molecule has 1 fully saturated rings. The van der Waals surface area contributed by atoms with E-state index in [1.165, 1.54) is 0 Å². The molecule has 0 radical (unpaired) electrons. The van der Waals surface area contributed by atoms with E-state index in [2.05, 4.69) is 33.0 Å². The van der Waals surface area contributed by atoms with Gasteiger partial charge < -0.3 is 10.0 Å². The third kappa shape index (κ3) is 3.18. The minimum atomic E-state index is -0.438. The molecule has 0 aromatic rings. The van der Waals surface area contributed by atoms with Gasteiger partial charge in [-0.05, 0) is 19.8 Å². The lowest BCUT2D eigenvalue weighted by atomic mass is 9.97. The molecular formula is C11H22N2O2. The Bertz CT molecular complexity index is 239. The van der Waals surface area contributed by atoms with Crippen molar-refractivity contribution in [3.05, 3.63) is 0 Å². The van der Waals surface area contributed by atoms with Gasteiger partial charge in [0, 0.05) is 18.6 Å². The zero-order chi connectivity index (χ0) is 11.6. The normalized spacial score (nSPS) is 26.1. The molecule has 1 atom stereocenters. The zero-order valence-electron chi connectivity index (χ0n) is 10.1. The number of hydrogen-bond acceptors (Lipinski definition) is 3. The summed E-state index contributed by atoms with van der Waals surface area (Å²) in [5, 5.41) is 12.3. The lowest BCUT2D eigenvalue weighted by Crippen LogP contribution is -2.66. The monoisotopic (exact) mass is 214 g/mol. The highest BCUT2D eigenvalue weighted by Gasteiger charge is 2.37. The van der Waals surface area contributed by atoms with Crippen LogP contribution in [0.5, 0.6) is 0 Å². The molecule has 1 amide bonds. The number of rotatable bonds is 3. The Balaban J connectivity index is 2.73. The van der Waals surface area contributed by atoms with E-state index in [0.29, 0.717) is 12.5 Å². The van der Waals surface area contributed by atoms with E-state index < -0.39 is 6.04 Å². The molecule has 1 unspecified atom stereocenters. The second-order valence-electron chi connectivity index (χ2n) is 5.38. The van der Waals surface area contributed by atoms with Crippen molar-refractivity contribution in [2.75, 3.05) is 19.7 Å². The van der Waals surface area contributed by atoms with Crippen LogP contribution in [0, 0.1) is 5.92 Å². The molecule has 0 saturated carbocycles. The van der Waals surface area contributed by atoms with Crippen LogP contribution in [0.2, 0.25) is 0 Å². The minimum Gasteiger partial charge on any atom is -0.394 e. The topological polar surface area (TPSA) is 52.6 Å². The first-order valence-corrected chi connectivity index (χ1v) is 5.53. The molecule has 1 aliphatic rings. The molecule has 1 heterocycles. The van der Waals surface area contributed by atoms with E-state index in [1.54, 1.807) is 0 Å². The molecule has 0 bridgehead atoms. The van der Waals surface area contributed by atoms with E-state index in [0.717, 1.165) is 6.54 Å². The van der Waals surface area contributed by atoms with Crippen molar-refractivity contribution in [2.45, 2.75) is 39.3 Å². The Morgan fingerprint density at radius 3 is 2.67 bits per heavy atom. The Morgan fingerprint density at radius 2 is 2.20 bits per heavy atom. The summed E-state index contributed by atoms with van der Waals surface area (Å²) in [7, 11) is 0. The van der Waals surface area contributed by atoms with Gasteiger partial charge in [0.1, 0.15) is 6.04 Å². The quantitative estimate of drug-likeness (QED) is 0.706. The van der Waals surface area contributed by atoms with Crippen molar-refractivity contribution in [3.8, 4) is 0 Å². The first-order valence-electron chi connectivity index (χ1n) is 5.53. The van der Waals surface area contributed by atoms with Crippen molar-refractivity contribution in [1.29, 1.82) is 0 Å². The Labute approximate surface area is 91.6 Å². The van der Waals surface area contributed by atoms with Crippen LogP contribution in [0.1, 0.15) is 27.7 Å². The SMILES string of the molecule is CC(C)CN1CC(C)(C)NC(CO)C1=O. The van der Waals surface area contributed by atoms with E-state index in [-0.39, 0.29) is 18.1 Å². The van der Waals surface area contributed by atoms with Crippen molar-refractivity contribution in [2.24, 2.45) is 5.92 Å². The molecule has 2 N–H and O–H groups in total. The largest absolute Gasteiger partial charge is 0.394 e. The van der Waals surface area contributed by atoms with Crippen LogP contribution in [0.4, 0.5) is 0 Å². The summed E-state index contributed by atoms with van der Waals surface area (Å²) in [5.74, 6) is 0.479. The van der Waals surface area contributed by atoms with Gasteiger partial charge in [0.15, 0.2) is 0 Å². The van der Waals surface area contributed by atoms with Crippen LogP contribution in [-0.2, 0) is 4.79 Å². The third-order valence-corrected chi connectivity index (χ3v) is 2.53. The van der Waals surface area contributed by atoms with Crippen LogP contribution in [0.25, 0.3) is 0 Å². The highest BCUT2D eigenvalue weighted by atomic mass is 16.3. The summed E-state index contributed by atoms with van der Waals surface area (Å²) >= 11 is 0. The summed E-state index contributed by atoms with van der Waals surface area (Å²) in [6, 6.07) is -0.438. The molecule has 1 aliphatic heterocycles. The molecule has 1 rings (SSSR count). The Kier molecular flexibility index (Phi) is 3.73. The second kappa shape index (κ2) is 4.49. The zero-order valence-corrected chi connectivity index (χ0v) is 10.1. The number of piperazine rings is 1. The van der Waals surface area contributed by atoms with Crippen LogP contribution in [0.15, 0.2) is 0 Å². The maximum atomic E-state index is 11.9. The Morgan fingerprint density at radius 1 is 1.60 bits per heavy atom. The molecule has 0 aromatic heterocycles. The summed E-state index contributed by atoms with van der Waals surface area (Å²) in [5.41, 5.74) is -0.115. The number of carbonyl (C=O) groups excluding carboxylic acids is 1. The number of nitrogens with zero attached hydrogens (tertiary/aromatic N) is 1. The van der Waals surface area contributed by atoms with Gasteiger partial charge in [0.05, 0.1) is 6.61 Å². The number of aliphatic hydroxyl groups excluding tert-OH is 1.